The van der Waals surface area contributed by atoms with Gasteiger partial charge in [0.1, 0.15) is 5.01 Å². The first-order chi connectivity index (χ1) is 6.24. The Hall–Kier alpha value is -0.940. The number of carbonyl (C=O) groups excluding carboxylic acids is 1. The molecular formula is C8H13N3OS. The molecule has 0 bridgehead atoms. The molecule has 1 aromatic rings. The Morgan fingerprint density at radius 2 is 2.62 bits per heavy atom. The lowest BCUT2D eigenvalue weighted by molar-refractivity contribution is -0.122. The molecule has 1 aromatic heterocycles. The quantitative estimate of drug-likeness (QED) is 0.742. The van der Waals surface area contributed by atoms with Crippen LogP contribution in [0.4, 0.5) is 0 Å². The van der Waals surface area contributed by atoms with Gasteiger partial charge in [-0.15, -0.1) is 11.3 Å². The average molecular weight is 199 g/mol. The molecule has 4 nitrogen and oxygen atoms in total. The summed E-state index contributed by atoms with van der Waals surface area (Å²) in [5.41, 5.74) is 5.53. The van der Waals surface area contributed by atoms with Crippen molar-refractivity contribution in [3.63, 3.8) is 0 Å². The molecule has 0 spiro atoms. The normalized spacial score (nSPS) is 12.5. The molecule has 0 saturated carbocycles. The van der Waals surface area contributed by atoms with E-state index in [4.69, 9.17) is 5.73 Å². The molecular weight excluding hydrogens is 186 g/mol. The van der Waals surface area contributed by atoms with Gasteiger partial charge in [0.2, 0.25) is 5.91 Å². The van der Waals surface area contributed by atoms with Crippen molar-refractivity contribution < 1.29 is 4.79 Å². The van der Waals surface area contributed by atoms with E-state index in [9.17, 15) is 4.79 Å². The number of nitrogens with two attached hydrogens (primary N) is 1. The van der Waals surface area contributed by atoms with Gasteiger partial charge in [-0.25, -0.2) is 4.98 Å². The summed E-state index contributed by atoms with van der Waals surface area (Å²) in [6.45, 7) is 2.36. The van der Waals surface area contributed by atoms with Gasteiger partial charge in [0.05, 0.1) is 12.6 Å². The smallest absolute Gasteiger partial charge is 0.237 e. The first-order valence-corrected chi connectivity index (χ1v) is 5.03. The number of carbonyl (C=O) groups is 1. The van der Waals surface area contributed by atoms with E-state index in [0.717, 1.165) is 5.01 Å². The summed E-state index contributed by atoms with van der Waals surface area (Å²) >= 11 is 1.52. The Bertz CT molecular complexity index is 260. The van der Waals surface area contributed by atoms with Crippen LogP contribution in [0.3, 0.4) is 0 Å². The summed E-state index contributed by atoms with van der Waals surface area (Å²) < 4.78 is 0. The van der Waals surface area contributed by atoms with Crippen LogP contribution in [-0.4, -0.2) is 16.9 Å². The minimum absolute atomic E-state index is 0.113. The molecule has 0 aliphatic carbocycles. The van der Waals surface area contributed by atoms with E-state index in [1.807, 2.05) is 12.3 Å². The van der Waals surface area contributed by atoms with Crippen molar-refractivity contribution in [2.75, 3.05) is 0 Å². The maximum atomic E-state index is 11.2. The lowest BCUT2D eigenvalue weighted by Crippen LogP contribution is -2.39. The van der Waals surface area contributed by atoms with Crippen molar-refractivity contribution in [2.45, 2.75) is 25.9 Å². The number of hydrogen-bond donors (Lipinski definition) is 2. The maximum Gasteiger partial charge on any atom is 0.237 e. The molecule has 1 amide bonds. The summed E-state index contributed by atoms with van der Waals surface area (Å²) in [7, 11) is 0. The van der Waals surface area contributed by atoms with Crippen LogP contribution >= 0.6 is 11.3 Å². The first-order valence-electron chi connectivity index (χ1n) is 4.15. The van der Waals surface area contributed by atoms with Crippen molar-refractivity contribution in [1.29, 1.82) is 0 Å². The van der Waals surface area contributed by atoms with Crippen LogP contribution in [0.5, 0.6) is 0 Å². The zero-order valence-corrected chi connectivity index (χ0v) is 8.30. The number of rotatable bonds is 4. The van der Waals surface area contributed by atoms with E-state index in [1.54, 1.807) is 6.20 Å². The molecule has 0 aromatic carbocycles. The first kappa shape index (κ1) is 10.1. The van der Waals surface area contributed by atoms with Crippen LogP contribution in [0.1, 0.15) is 18.4 Å². The fourth-order valence-corrected chi connectivity index (χ4v) is 1.38. The Morgan fingerprint density at radius 3 is 3.15 bits per heavy atom. The molecule has 5 heteroatoms. The second-order valence-corrected chi connectivity index (χ2v) is 3.64. The van der Waals surface area contributed by atoms with Gasteiger partial charge in [0.25, 0.3) is 0 Å². The Morgan fingerprint density at radius 1 is 1.85 bits per heavy atom. The molecule has 0 radical (unpaired) electrons. The van der Waals surface area contributed by atoms with E-state index >= 15 is 0 Å². The van der Waals surface area contributed by atoms with Crippen molar-refractivity contribution in [1.82, 2.24) is 10.3 Å². The van der Waals surface area contributed by atoms with E-state index in [0.29, 0.717) is 13.0 Å². The van der Waals surface area contributed by atoms with Gasteiger partial charge in [-0.3, -0.25) is 4.79 Å². The third-order valence-corrected chi connectivity index (χ3v) is 2.45. The van der Waals surface area contributed by atoms with Crippen LogP contribution in [0.2, 0.25) is 0 Å². The zero-order chi connectivity index (χ0) is 9.68. The number of amides is 1. The van der Waals surface area contributed by atoms with Crippen molar-refractivity contribution in [3.8, 4) is 0 Å². The second kappa shape index (κ2) is 4.94. The number of aromatic nitrogens is 1. The fraction of sp³-hybridized carbons (Fsp3) is 0.500. The Labute approximate surface area is 81.2 Å². The summed E-state index contributed by atoms with van der Waals surface area (Å²) in [5, 5.41) is 5.50. The van der Waals surface area contributed by atoms with Gasteiger partial charge in [0.15, 0.2) is 0 Å². The summed E-state index contributed by atoms with van der Waals surface area (Å²) in [6.07, 6.45) is 2.37. The van der Waals surface area contributed by atoms with E-state index in [1.165, 1.54) is 11.3 Å². The van der Waals surface area contributed by atoms with Gasteiger partial charge in [0, 0.05) is 11.6 Å². The molecule has 1 rings (SSSR count). The monoisotopic (exact) mass is 199 g/mol. The second-order valence-electron chi connectivity index (χ2n) is 2.66. The molecule has 0 fully saturated rings. The molecule has 3 N–H and O–H groups in total. The molecule has 0 aliphatic heterocycles. The SMILES string of the molecule is CCC(N)C(=O)NCc1nccs1. The summed E-state index contributed by atoms with van der Waals surface area (Å²) in [4.78, 5) is 15.2. The van der Waals surface area contributed by atoms with Crippen LogP contribution in [0, 0.1) is 0 Å². The number of thiazole rings is 1. The highest BCUT2D eigenvalue weighted by atomic mass is 32.1. The van der Waals surface area contributed by atoms with Crippen molar-refractivity contribution in [2.24, 2.45) is 5.73 Å². The van der Waals surface area contributed by atoms with Crippen molar-refractivity contribution >= 4 is 17.2 Å². The highest BCUT2D eigenvalue weighted by Gasteiger charge is 2.09. The van der Waals surface area contributed by atoms with E-state index in [2.05, 4.69) is 10.3 Å². The van der Waals surface area contributed by atoms with Crippen LogP contribution in [0.25, 0.3) is 0 Å². The minimum Gasteiger partial charge on any atom is -0.348 e. The summed E-state index contributed by atoms with van der Waals surface area (Å²) in [6, 6.07) is -0.403. The molecule has 72 valence electrons. The van der Waals surface area contributed by atoms with Crippen LogP contribution in [-0.2, 0) is 11.3 Å². The zero-order valence-electron chi connectivity index (χ0n) is 7.49. The van der Waals surface area contributed by atoms with E-state index in [-0.39, 0.29) is 5.91 Å². The van der Waals surface area contributed by atoms with Crippen LogP contribution in [0.15, 0.2) is 11.6 Å². The largest absolute Gasteiger partial charge is 0.348 e. The van der Waals surface area contributed by atoms with E-state index < -0.39 is 6.04 Å². The predicted molar refractivity (Wildman–Crippen MR) is 52.2 cm³/mol. The molecule has 0 aliphatic rings. The van der Waals surface area contributed by atoms with Gasteiger partial charge < -0.3 is 11.1 Å². The minimum atomic E-state index is -0.403. The number of nitrogens with zero attached hydrogens (tertiary/aromatic N) is 1. The molecule has 0 saturated heterocycles. The third kappa shape index (κ3) is 3.12. The summed E-state index contributed by atoms with van der Waals surface area (Å²) in [5.74, 6) is -0.113. The van der Waals surface area contributed by atoms with Crippen molar-refractivity contribution in [3.05, 3.63) is 16.6 Å². The van der Waals surface area contributed by atoms with Crippen LogP contribution < -0.4 is 11.1 Å². The highest BCUT2D eigenvalue weighted by Crippen LogP contribution is 2.02. The third-order valence-electron chi connectivity index (χ3n) is 1.67. The van der Waals surface area contributed by atoms with Gasteiger partial charge in [-0.05, 0) is 6.42 Å². The molecule has 1 heterocycles. The lowest BCUT2D eigenvalue weighted by Gasteiger charge is -2.07. The molecule has 1 unspecified atom stereocenters. The Balaban J connectivity index is 2.31. The lowest BCUT2D eigenvalue weighted by atomic mass is 10.2. The fourth-order valence-electron chi connectivity index (χ4n) is 0.819. The Kier molecular flexibility index (Phi) is 3.85. The highest BCUT2D eigenvalue weighted by molar-refractivity contribution is 7.09. The van der Waals surface area contributed by atoms with Gasteiger partial charge in [-0.1, -0.05) is 6.92 Å². The standard InChI is InChI=1S/C8H13N3OS/c1-2-6(9)8(12)11-5-7-10-3-4-13-7/h3-4,6H,2,5,9H2,1H3,(H,11,12). The van der Waals surface area contributed by atoms with Gasteiger partial charge >= 0.3 is 0 Å². The maximum absolute atomic E-state index is 11.2. The number of nitrogens with one attached hydrogen (secondary N) is 1. The molecule has 13 heavy (non-hydrogen) atoms. The predicted octanol–water partition coefficient (Wildman–Crippen LogP) is 0.497. The molecule has 1 atom stereocenters. The topological polar surface area (TPSA) is 68.0 Å². The number of hydrogen-bond acceptors (Lipinski definition) is 4. The van der Waals surface area contributed by atoms with Gasteiger partial charge in [-0.2, -0.15) is 0 Å². The average Bonchev–Trinajstić information content (AvgIpc) is 2.65.